The van der Waals surface area contributed by atoms with Crippen LogP contribution in [0.25, 0.3) is 11.1 Å². The predicted molar refractivity (Wildman–Crippen MR) is 94.9 cm³/mol. The van der Waals surface area contributed by atoms with E-state index in [1.165, 1.54) is 27.9 Å². The number of methoxy groups -OCH3 is 1. The van der Waals surface area contributed by atoms with Crippen LogP contribution in [-0.4, -0.2) is 7.11 Å². The molecule has 2 heteroatoms. The molecule has 1 atom stereocenters. The smallest absolute Gasteiger partial charge is 0.124 e. The van der Waals surface area contributed by atoms with Crippen molar-refractivity contribution in [2.75, 3.05) is 12.4 Å². The lowest BCUT2D eigenvalue weighted by atomic mass is 9.99. The van der Waals surface area contributed by atoms with Crippen molar-refractivity contribution in [1.29, 1.82) is 0 Å². The number of fused-ring (bicyclic) bond motifs is 1. The van der Waals surface area contributed by atoms with Crippen LogP contribution < -0.4 is 10.1 Å². The summed E-state index contributed by atoms with van der Waals surface area (Å²) in [6.07, 6.45) is 0.983. The zero-order valence-corrected chi connectivity index (χ0v) is 13.1. The Morgan fingerprint density at radius 3 is 2.48 bits per heavy atom. The Labute approximate surface area is 136 Å². The largest absolute Gasteiger partial charge is 0.496 e. The van der Waals surface area contributed by atoms with Crippen LogP contribution in [0.1, 0.15) is 17.2 Å². The number of hydrogen-bond acceptors (Lipinski definition) is 2. The van der Waals surface area contributed by atoms with Crippen molar-refractivity contribution >= 4 is 5.69 Å². The summed E-state index contributed by atoms with van der Waals surface area (Å²) in [4.78, 5) is 0. The normalized spacial score (nSPS) is 15.8. The second-order valence-electron chi connectivity index (χ2n) is 5.88. The predicted octanol–water partition coefficient (Wildman–Crippen LogP) is 5.07. The molecule has 1 heterocycles. The lowest BCUT2D eigenvalue weighted by Crippen LogP contribution is -2.07. The molecule has 0 amide bonds. The van der Waals surface area contributed by atoms with Gasteiger partial charge in [-0.25, -0.2) is 0 Å². The first-order valence-corrected chi connectivity index (χ1v) is 7.93. The number of para-hydroxylation sites is 1. The summed E-state index contributed by atoms with van der Waals surface area (Å²) in [6.45, 7) is 0. The van der Waals surface area contributed by atoms with Gasteiger partial charge in [0.1, 0.15) is 5.75 Å². The highest BCUT2D eigenvalue weighted by atomic mass is 16.5. The number of ether oxygens (including phenoxy) is 1. The zero-order chi connectivity index (χ0) is 15.6. The molecule has 0 aromatic heterocycles. The molecular weight excluding hydrogens is 282 g/mol. The van der Waals surface area contributed by atoms with Crippen LogP contribution in [0.2, 0.25) is 0 Å². The topological polar surface area (TPSA) is 21.3 Å². The maximum Gasteiger partial charge on any atom is 0.124 e. The molecule has 4 rings (SSSR count). The first kappa shape index (κ1) is 13.9. The number of nitrogens with one attached hydrogen (secondary N) is 1. The van der Waals surface area contributed by atoms with E-state index in [-0.39, 0.29) is 6.04 Å². The third-order valence-electron chi connectivity index (χ3n) is 4.48. The van der Waals surface area contributed by atoms with Gasteiger partial charge in [0.05, 0.1) is 13.2 Å². The highest BCUT2D eigenvalue weighted by Crippen LogP contribution is 2.39. The lowest BCUT2D eigenvalue weighted by Gasteiger charge is -2.15. The van der Waals surface area contributed by atoms with Gasteiger partial charge in [0.15, 0.2) is 0 Å². The Morgan fingerprint density at radius 2 is 1.65 bits per heavy atom. The summed E-state index contributed by atoms with van der Waals surface area (Å²) in [7, 11) is 1.73. The maximum absolute atomic E-state index is 5.51. The van der Waals surface area contributed by atoms with E-state index in [0.29, 0.717) is 0 Å². The van der Waals surface area contributed by atoms with Crippen molar-refractivity contribution in [3.63, 3.8) is 0 Å². The fourth-order valence-electron chi connectivity index (χ4n) is 3.31. The molecule has 0 saturated carbocycles. The lowest BCUT2D eigenvalue weighted by molar-refractivity contribution is 0.407. The quantitative estimate of drug-likeness (QED) is 0.729. The maximum atomic E-state index is 5.51. The van der Waals surface area contributed by atoms with Crippen molar-refractivity contribution in [1.82, 2.24) is 0 Å². The van der Waals surface area contributed by atoms with E-state index in [0.717, 1.165) is 12.2 Å². The van der Waals surface area contributed by atoms with Gasteiger partial charge in [0, 0.05) is 11.3 Å². The van der Waals surface area contributed by atoms with Gasteiger partial charge in [-0.05, 0) is 41.3 Å². The second-order valence-corrected chi connectivity index (χ2v) is 5.88. The molecule has 0 bridgehead atoms. The summed E-state index contributed by atoms with van der Waals surface area (Å²) in [5.74, 6) is 0.945. The van der Waals surface area contributed by atoms with Crippen molar-refractivity contribution < 1.29 is 4.74 Å². The Balaban J connectivity index is 1.65. The molecule has 0 spiro atoms. The Morgan fingerprint density at radius 1 is 0.870 bits per heavy atom. The van der Waals surface area contributed by atoms with E-state index in [9.17, 15) is 0 Å². The van der Waals surface area contributed by atoms with Crippen molar-refractivity contribution in [3.8, 4) is 16.9 Å². The van der Waals surface area contributed by atoms with E-state index in [4.69, 9.17) is 4.74 Å². The molecule has 1 aliphatic rings. The van der Waals surface area contributed by atoms with Crippen LogP contribution >= 0.6 is 0 Å². The number of anilines is 1. The third-order valence-corrected chi connectivity index (χ3v) is 4.48. The number of benzene rings is 3. The van der Waals surface area contributed by atoms with E-state index in [1.807, 2.05) is 12.1 Å². The molecule has 1 aliphatic heterocycles. The van der Waals surface area contributed by atoms with Gasteiger partial charge in [-0.15, -0.1) is 0 Å². The number of rotatable bonds is 3. The average molecular weight is 301 g/mol. The Bertz CT molecular complexity index is 826. The molecule has 0 saturated heterocycles. The highest BCUT2D eigenvalue weighted by molar-refractivity contribution is 5.70. The monoisotopic (exact) mass is 301 g/mol. The van der Waals surface area contributed by atoms with Gasteiger partial charge in [-0.3, -0.25) is 0 Å². The minimum atomic E-state index is 0.271. The summed E-state index contributed by atoms with van der Waals surface area (Å²) >= 11 is 0. The Kier molecular flexibility index (Phi) is 3.51. The molecule has 3 aromatic carbocycles. The fourth-order valence-corrected chi connectivity index (χ4v) is 3.31. The first-order valence-electron chi connectivity index (χ1n) is 7.93. The summed E-state index contributed by atoms with van der Waals surface area (Å²) in [5.41, 5.74) is 6.33. The van der Waals surface area contributed by atoms with Gasteiger partial charge in [0.2, 0.25) is 0 Å². The van der Waals surface area contributed by atoms with E-state index in [1.54, 1.807) is 7.11 Å². The summed E-state index contributed by atoms with van der Waals surface area (Å²) in [5, 5.41) is 3.62. The average Bonchev–Trinajstić information content (AvgIpc) is 3.05. The molecule has 2 nitrogen and oxygen atoms in total. The van der Waals surface area contributed by atoms with E-state index < -0.39 is 0 Å². The van der Waals surface area contributed by atoms with Gasteiger partial charge in [-0.1, -0.05) is 54.6 Å². The molecule has 0 radical (unpaired) electrons. The Hall–Kier alpha value is -2.74. The van der Waals surface area contributed by atoms with Crippen LogP contribution in [0.15, 0.2) is 72.8 Å². The van der Waals surface area contributed by atoms with E-state index in [2.05, 4.69) is 66.0 Å². The van der Waals surface area contributed by atoms with Crippen molar-refractivity contribution in [3.05, 3.63) is 83.9 Å². The zero-order valence-electron chi connectivity index (χ0n) is 13.1. The van der Waals surface area contributed by atoms with Crippen LogP contribution in [0.4, 0.5) is 5.69 Å². The highest BCUT2D eigenvalue weighted by Gasteiger charge is 2.24. The van der Waals surface area contributed by atoms with Crippen molar-refractivity contribution in [2.24, 2.45) is 0 Å². The molecule has 23 heavy (non-hydrogen) atoms. The van der Waals surface area contributed by atoms with Gasteiger partial charge >= 0.3 is 0 Å². The molecule has 1 N–H and O–H groups in total. The van der Waals surface area contributed by atoms with Gasteiger partial charge in [0.25, 0.3) is 0 Å². The number of hydrogen-bond donors (Lipinski definition) is 1. The molecule has 3 aromatic rings. The molecule has 1 unspecified atom stereocenters. The van der Waals surface area contributed by atoms with Crippen LogP contribution in [0.3, 0.4) is 0 Å². The first-order chi connectivity index (χ1) is 11.3. The standard InChI is InChI=1S/C21H19NO/c1-23-21-10-6-5-9-18(21)20-14-17-13-16(11-12-19(17)22-20)15-7-3-2-4-8-15/h2-13,20,22H,14H2,1H3. The minimum absolute atomic E-state index is 0.271. The van der Waals surface area contributed by atoms with Crippen LogP contribution in [-0.2, 0) is 6.42 Å². The minimum Gasteiger partial charge on any atom is -0.496 e. The summed E-state index contributed by atoms with van der Waals surface area (Å²) < 4.78 is 5.51. The summed E-state index contributed by atoms with van der Waals surface area (Å²) in [6, 6.07) is 25.7. The molecule has 0 fully saturated rings. The molecular formula is C21H19NO. The van der Waals surface area contributed by atoms with Crippen LogP contribution in [0, 0.1) is 0 Å². The molecule has 0 aliphatic carbocycles. The second kappa shape index (κ2) is 5.81. The third kappa shape index (κ3) is 2.57. The molecule has 114 valence electrons. The van der Waals surface area contributed by atoms with Crippen molar-refractivity contribution in [2.45, 2.75) is 12.5 Å². The van der Waals surface area contributed by atoms with Gasteiger partial charge in [-0.2, -0.15) is 0 Å². The fraction of sp³-hybridized carbons (Fsp3) is 0.143. The SMILES string of the molecule is COc1ccccc1C1Cc2cc(-c3ccccc3)ccc2N1. The van der Waals surface area contributed by atoms with Gasteiger partial charge < -0.3 is 10.1 Å². The van der Waals surface area contributed by atoms with E-state index >= 15 is 0 Å². The van der Waals surface area contributed by atoms with Crippen LogP contribution in [0.5, 0.6) is 5.75 Å².